The number of carbonyl (C=O) groups excluding carboxylic acids is 2. The zero-order chi connectivity index (χ0) is 16.7. The van der Waals surface area contributed by atoms with E-state index in [2.05, 4.69) is 5.32 Å². The van der Waals surface area contributed by atoms with Crippen molar-refractivity contribution in [3.63, 3.8) is 0 Å². The van der Waals surface area contributed by atoms with Crippen LogP contribution in [0.15, 0.2) is 24.3 Å². The zero-order valence-electron chi connectivity index (χ0n) is 13.3. The molecule has 2 rings (SSSR count). The Kier molecular flexibility index (Phi) is 6.40. The van der Waals surface area contributed by atoms with Crippen LogP contribution >= 0.6 is 0 Å². The Morgan fingerprint density at radius 2 is 2.13 bits per heavy atom. The lowest BCUT2D eigenvalue weighted by Crippen LogP contribution is -2.45. The third kappa shape index (κ3) is 5.56. The van der Waals surface area contributed by atoms with Gasteiger partial charge in [-0.05, 0) is 43.9 Å². The van der Waals surface area contributed by atoms with Gasteiger partial charge in [0.1, 0.15) is 5.75 Å². The number of phenolic OH excluding ortho intramolecular Hbond substituents is 1. The molecule has 4 N–H and O–H groups in total. The van der Waals surface area contributed by atoms with Crippen molar-refractivity contribution in [1.82, 2.24) is 10.2 Å². The number of piperidine rings is 1. The number of benzene rings is 1. The monoisotopic (exact) mass is 319 g/mol. The molecule has 6 heteroatoms. The van der Waals surface area contributed by atoms with Crippen LogP contribution < -0.4 is 11.1 Å². The fraction of sp³-hybridized carbons (Fsp3) is 0.529. The topological polar surface area (TPSA) is 95.7 Å². The number of rotatable bonds is 7. The van der Waals surface area contributed by atoms with Crippen LogP contribution in [0.4, 0.5) is 0 Å². The van der Waals surface area contributed by atoms with Crippen molar-refractivity contribution < 1.29 is 14.7 Å². The lowest BCUT2D eigenvalue weighted by molar-refractivity contribution is -0.128. The van der Waals surface area contributed by atoms with Crippen molar-refractivity contribution in [2.45, 2.75) is 25.7 Å². The summed E-state index contributed by atoms with van der Waals surface area (Å²) < 4.78 is 0. The van der Waals surface area contributed by atoms with Gasteiger partial charge >= 0.3 is 0 Å². The van der Waals surface area contributed by atoms with Crippen molar-refractivity contribution in [3.8, 4) is 5.75 Å². The summed E-state index contributed by atoms with van der Waals surface area (Å²) in [6, 6.07) is 7.24. The first-order chi connectivity index (χ1) is 11.1. The summed E-state index contributed by atoms with van der Waals surface area (Å²) in [7, 11) is 0. The summed E-state index contributed by atoms with van der Waals surface area (Å²) in [5.41, 5.74) is 6.10. The highest BCUT2D eigenvalue weighted by Crippen LogP contribution is 2.18. The lowest BCUT2D eigenvalue weighted by atomic mass is 9.97. The standard InChI is InChI=1S/C17H25N3O3/c18-16(22)12-20-10-4-7-14(11-20)17(23)19-9-3-6-13-5-1-2-8-15(13)21/h1-2,5,8,14,21H,3-4,6-7,9-12H2,(H2,18,22)(H,19,23)/t14-/m0/s1. The number of para-hydroxylation sites is 1. The van der Waals surface area contributed by atoms with E-state index in [4.69, 9.17) is 5.73 Å². The number of nitrogens with zero attached hydrogens (tertiary/aromatic N) is 1. The van der Waals surface area contributed by atoms with E-state index in [0.29, 0.717) is 18.8 Å². The highest BCUT2D eigenvalue weighted by atomic mass is 16.3. The van der Waals surface area contributed by atoms with E-state index in [1.165, 1.54) is 0 Å². The number of hydrogen-bond donors (Lipinski definition) is 3. The van der Waals surface area contributed by atoms with Gasteiger partial charge in [-0.25, -0.2) is 0 Å². The molecule has 0 unspecified atom stereocenters. The maximum Gasteiger partial charge on any atom is 0.231 e. The molecule has 1 saturated heterocycles. The van der Waals surface area contributed by atoms with Crippen LogP contribution in [0.3, 0.4) is 0 Å². The van der Waals surface area contributed by atoms with Gasteiger partial charge in [-0.2, -0.15) is 0 Å². The highest BCUT2D eigenvalue weighted by molar-refractivity contribution is 5.79. The molecular weight excluding hydrogens is 294 g/mol. The highest BCUT2D eigenvalue weighted by Gasteiger charge is 2.26. The number of nitrogens with one attached hydrogen (secondary N) is 1. The molecule has 1 atom stereocenters. The fourth-order valence-corrected chi connectivity index (χ4v) is 2.99. The normalized spacial score (nSPS) is 18.5. The third-order valence-corrected chi connectivity index (χ3v) is 4.17. The van der Waals surface area contributed by atoms with Crippen LogP contribution in [0.1, 0.15) is 24.8 Å². The van der Waals surface area contributed by atoms with Gasteiger partial charge in [0.05, 0.1) is 12.5 Å². The quantitative estimate of drug-likeness (QED) is 0.643. The average molecular weight is 319 g/mol. The maximum atomic E-state index is 12.2. The van der Waals surface area contributed by atoms with Crippen molar-refractivity contribution in [2.75, 3.05) is 26.2 Å². The molecule has 1 heterocycles. The number of hydrogen-bond acceptors (Lipinski definition) is 4. The summed E-state index contributed by atoms with van der Waals surface area (Å²) in [5.74, 6) is -0.0911. The number of nitrogens with two attached hydrogens (primary N) is 1. The summed E-state index contributed by atoms with van der Waals surface area (Å²) >= 11 is 0. The van der Waals surface area contributed by atoms with E-state index < -0.39 is 0 Å². The molecule has 0 bridgehead atoms. The van der Waals surface area contributed by atoms with Crippen molar-refractivity contribution in [1.29, 1.82) is 0 Å². The van der Waals surface area contributed by atoms with E-state index in [1.807, 2.05) is 17.0 Å². The van der Waals surface area contributed by atoms with Gasteiger partial charge in [0.15, 0.2) is 0 Å². The Hall–Kier alpha value is -2.08. The number of likely N-dealkylation sites (tertiary alicyclic amines) is 1. The van der Waals surface area contributed by atoms with Crippen LogP contribution in [-0.4, -0.2) is 48.0 Å². The van der Waals surface area contributed by atoms with Gasteiger partial charge in [-0.1, -0.05) is 18.2 Å². The second-order valence-corrected chi connectivity index (χ2v) is 6.06. The molecule has 1 aliphatic heterocycles. The van der Waals surface area contributed by atoms with Crippen LogP contribution in [0.2, 0.25) is 0 Å². The van der Waals surface area contributed by atoms with E-state index in [-0.39, 0.29) is 24.3 Å². The van der Waals surface area contributed by atoms with Crippen LogP contribution in [0.5, 0.6) is 5.75 Å². The Labute approximate surface area is 136 Å². The maximum absolute atomic E-state index is 12.2. The minimum absolute atomic E-state index is 0.0384. The lowest BCUT2D eigenvalue weighted by Gasteiger charge is -2.30. The zero-order valence-corrected chi connectivity index (χ0v) is 13.3. The average Bonchev–Trinajstić information content (AvgIpc) is 2.52. The van der Waals surface area contributed by atoms with Gasteiger partial charge in [0.25, 0.3) is 0 Å². The molecule has 6 nitrogen and oxygen atoms in total. The molecule has 1 aromatic carbocycles. The molecule has 23 heavy (non-hydrogen) atoms. The number of amides is 2. The second kappa shape index (κ2) is 8.53. The first-order valence-electron chi connectivity index (χ1n) is 8.11. The molecule has 0 aromatic heterocycles. The number of phenols is 1. The predicted octanol–water partition coefficient (Wildman–Crippen LogP) is 0.638. The Morgan fingerprint density at radius 1 is 1.35 bits per heavy atom. The summed E-state index contributed by atoms with van der Waals surface area (Å²) in [4.78, 5) is 25.1. The first-order valence-corrected chi connectivity index (χ1v) is 8.11. The number of primary amides is 1. The fourth-order valence-electron chi connectivity index (χ4n) is 2.99. The van der Waals surface area contributed by atoms with Crippen LogP contribution in [-0.2, 0) is 16.0 Å². The summed E-state index contributed by atoms with van der Waals surface area (Å²) in [6.45, 7) is 2.21. The molecule has 2 amide bonds. The summed E-state index contributed by atoms with van der Waals surface area (Å²) in [6.07, 6.45) is 3.26. The van der Waals surface area contributed by atoms with E-state index in [0.717, 1.165) is 37.8 Å². The van der Waals surface area contributed by atoms with Crippen LogP contribution in [0.25, 0.3) is 0 Å². The van der Waals surface area contributed by atoms with Crippen molar-refractivity contribution in [2.24, 2.45) is 11.7 Å². The Bertz CT molecular complexity index is 548. The Morgan fingerprint density at radius 3 is 2.87 bits per heavy atom. The molecule has 0 spiro atoms. The number of carbonyl (C=O) groups is 2. The van der Waals surface area contributed by atoms with E-state index in [9.17, 15) is 14.7 Å². The Balaban J connectivity index is 1.70. The van der Waals surface area contributed by atoms with E-state index in [1.54, 1.807) is 12.1 Å². The molecule has 1 fully saturated rings. The minimum Gasteiger partial charge on any atom is -0.508 e. The summed E-state index contributed by atoms with van der Waals surface area (Å²) in [5, 5.41) is 12.6. The largest absolute Gasteiger partial charge is 0.508 e. The molecule has 0 radical (unpaired) electrons. The van der Waals surface area contributed by atoms with Gasteiger partial charge in [-0.15, -0.1) is 0 Å². The van der Waals surface area contributed by atoms with Crippen LogP contribution in [0, 0.1) is 5.92 Å². The van der Waals surface area contributed by atoms with Crippen molar-refractivity contribution in [3.05, 3.63) is 29.8 Å². The molecular formula is C17H25N3O3. The van der Waals surface area contributed by atoms with Gasteiger partial charge in [-0.3, -0.25) is 14.5 Å². The molecule has 1 aliphatic rings. The SMILES string of the molecule is NC(=O)CN1CCC[C@H](C(=O)NCCCc2ccccc2O)C1. The van der Waals surface area contributed by atoms with Gasteiger partial charge < -0.3 is 16.2 Å². The van der Waals surface area contributed by atoms with Crippen molar-refractivity contribution >= 4 is 11.8 Å². The smallest absolute Gasteiger partial charge is 0.231 e. The molecule has 126 valence electrons. The second-order valence-electron chi connectivity index (χ2n) is 6.06. The van der Waals surface area contributed by atoms with E-state index >= 15 is 0 Å². The minimum atomic E-state index is -0.353. The third-order valence-electron chi connectivity index (χ3n) is 4.17. The van der Waals surface area contributed by atoms with Gasteiger partial charge in [0.2, 0.25) is 11.8 Å². The number of aromatic hydroxyl groups is 1. The first kappa shape index (κ1) is 17.3. The molecule has 1 aromatic rings. The predicted molar refractivity (Wildman–Crippen MR) is 87.8 cm³/mol. The number of aryl methyl sites for hydroxylation is 1. The molecule has 0 saturated carbocycles. The van der Waals surface area contributed by atoms with Gasteiger partial charge in [0, 0.05) is 13.1 Å². The molecule has 0 aliphatic carbocycles.